The molecule has 5 heteroatoms. The first kappa shape index (κ1) is 18.0. The first-order chi connectivity index (χ1) is 11.6. The summed E-state index contributed by atoms with van der Waals surface area (Å²) >= 11 is 6.24. The fourth-order valence-electron chi connectivity index (χ4n) is 2.31. The average Bonchev–Trinajstić information content (AvgIpc) is 2.61. The summed E-state index contributed by atoms with van der Waals surface area (Å²) in [6.07, 6.45) is 2.35. The van der Waals surface area contributed by atoms with Gasteiger partial charge in [0, 0.05) is 31.6 Å². The molecule has 0 fully saturated rings. The van der Waals surface area contributed by atoms with Crippen LogP contribution in [0, 0.1) is 11.3 Å². The molecule has 2 N–H and O–H groups in total. The molecule has 0 spiro atoms. The zero-order valence-electron chi connectivity index (χ0n) is 14.0. The van der Waals surface area contributed by atoms with Crippen molar-refractivity contribution in [3.05, 3.63) is 63.7 Å². The molecular weight excluding hydrogens is 320 g/mol. The van der Waals surface area contributed by atoms with Gasteiger partial charge < -0.3 is 10.6 Å². The standard InChI is InChI=1S/C19H21ClN4/c1-3-24(2)13-23-19-10-16(11-21)15(9-17(19)12-22)8-14-6-4-5-7-18(14)20/h4-7,9-10,13H,3,8,12,22H2,1-2H3. The molecule has 0 bridgehead atoms. The molecule has 124 valence electrons. The summed E-state index contributed by atoms with van der Waals surface area (Å²) in [6, 6.07) is 13.7. The maximum Gasteiger partial charge on any atom is 0.0995 e. The van der Waals surface area contributed by atoms with Gasteiger partial charge in [-0.3, -0.25) is 0 Å². The van der Waals surface area contributed by atoms with E-state index in [4.69, 9.17) is 17.3 Å². The van der Waals surface area contributed by atoms with Gasteiger partial charge in [-0.2, -0.15) is 5.26 Å². The monoisotopic (exact) mass is 340 g/mol. The van der Waals surface area contributed by atoms with E-state index in [2.05, 4.69) is 11.1 Å². The van der Waals surface area contributed by atoms with E-state index in [9.17, 15) is 5.26 Å². The van der Waals surface area contributed by atoms with Gasteiger partial charge in [0.25, 0.3) is 0 Å². The van der Waals surface area contributed by atoms with Crippen LogP contribution in [0.4, 0.5) is 5.69 Å². The van der Waals surface area contributed by atoms with Crippen molar-refractivity contribution in [2.75, 3.05) is 13.6 Å². The number of benzene rings is 2. The fourth-order valence-corrected chi connectivity index (χ4v) is 2.51. The summed E-state index contributed by atoms with van der Waals surface area (Å²) in [5.41, 5.74) is 10.0. The summed E-state index contributed by atoms with van der Waals surface area (Å²) in [5, 5.41) is 10.2. The number of hydrogen-bond donors (Lipinski definition) is 1. The largest absolute Gasteiger partial charge is 0.366 e. The van der Waals surface area contributed by atoms with Crippen LogP contribution in [0.1, 0.15) is 29.2 Å². The number of halogens is 1. The second-order valence-corrected chi connectivity index (χ2v) is 5.95. The lowest BCUT2D eigenvalue weighted by atomic mass is 9.96. The van der Waals surface area contributed by atoms with Crippen LogP contribution >= 0.6 is 11.6 Å². The van der Waals surface area contributed by atoms with Crippen molar-refractivity contribution in [3.63, 3.8) is 0 Å². The van der Waals surface area contributed by atoms with E-state index < -0.39 is 0 Å². The zero-order valence-corrected chi connectivity index (χ0v) is 14.7. The van der Waals surface area contributed by atoms with Gasteiger partial charge in [-0.25, -0.2) is 4.99 Å². The molecule has 2 aromatic carbocycles. The van der Waals surface area contributed by atoms with Crippen LogP contribution in [0.5, 0.6) is 0 Å². The summed E-state index contributed by atoms with van der Waals surface area (Å²) in [5.74, 6) is 0. The fraction of sp³-hybridized carbons (Fsp3) is 0.263. The lowest BCUT2D eigenvalue weighted by molar-refractivity contribution is 0.552. The van der Waals surface area contributed by atoms with Crippen molar-refractivity contribution < 1.29 is 0 Å². The Labute approximate surface area is 148 Å². The van der Waals surface area contributed by atoms with E-state index in [1.165, 1.54) is 0 Å². The minimum Gasteiger partial charge on any atom is -0.366 e. The lowest BCUT2D eigenvalue weighted by Gasteiger charge is -2.12. The van der Waals surface area contributed by atoms with Crippen molar-refractivity contribution in [2.45, 2.75) is 19.9 Å². The molecule has 0 aromatic heterocycles. The molecule has 0 radical (unpaired) electrons. The number of nitrogens with two attached hydrogens (primary N) is 1. The van der Waals surface area contributed by atoms with Crippen LogP contribution in [0.3, 0.4) is 0 Å². The maximum absolute atomic E-state index is 9.50. The Bertz CT molecular complexity index is 777. The summed E-state index contributed by atoms with van der Waals surface area (Å²) in [7, 11) is 1.95. The Balaban J connectivity index is 2.42. The molecule has 0 saturated carbocycles. The van der Waals surface area contributed by atoms with Crippen LogP contribution in [0.15, 0.2) is 41.4 Å². The molecule has 0 atom stereocenters. The van der Waals surface area contributed by atoms with Gasteiger partial charge in [-0.05, 0) is 35.7 Å². The molecule has 0 amide bonds. The first-order valence-electron chi connectivity index (χ1n) is 7.82. The zero-order chi connectivity index (χ0) is 17.5. The molecular formula is C19H21ClN4. The van der Waals surface area contributed by atoms with Crippen molar-refractivity contribution >= 4 is 23.6 Å². The molecule has 0 aliphatic rings. The highest BCUT2D eigenvalue weighted by Gasteiger charge is 2.11. The predicted octanol–water partition coefficient (Wildman–Crippen LogP) is 3.87. The summed E-state index contributed by atoms with van der Waals surface area (Å²) in [4.78, 5) is 6.43. The second-order valence-electron chi connectivity index (χ2n) is 5.54. The summed E-state index contributed by atoms with van der Waals surface area (Å²) in [6.45, 7) is 3.27. The third kappa shape index (κ3) is 4.35. The minimum absolute atomic E-state index is 0.365. The van der Waals surface area contributed by atoms with Gasteiger partial charge in [0.05, 0.1) is 23.7 Å². The SMILES string of the molecule is CCN(C)C=Nc1cc(C#N)c(Cc2ccccc2Cl)cc1CN. The van der Waals surface area contributed by atoms with Crippen molar-refractivity contribution in [1.82, 2.24) is 4.90 Å². The smallest absolute Gasteiger partial charge is 0.0995 e. The van der Waals surface area contributed by atoms with Gasteiger partial charge in [-0.15, -0.1) is 0 Å². The number of rotatable bonds is 6. The quantitative estimate of drug-likeness (QED) is 0.641. The molecule has 4 nitrogen and oxygen atoms in total. The van der Waals surface area contributed by atoms with Gasteiger partial charge in [0.2, 0.25) is 0 Å². The van der Waals surface area contributed by atoms with Crippen molar-refractivity contribution in [2.24, 2.45) is 10.7 Å². The van der Waals surface area contributed by atoms with Crippen LogP contribution in [0.2, 0.25) is 5.02 Å². The molecule has 24 heavy (non-hydrogen) atoms. The van der Waals surface area contributed by atoms with E-state index in [-0.39, 0.29) is 0 Å². The molecule has 2 rings (SSSR count). The molecule has 0 heterocycles. The lowest BCUT2D eigenvalue weighted by Crippen LogP contribution is -2.14. The molecule has 0 unspecified atom stereocenters. The Hall–Kier alpha value is -2.35. The third-order valence-corrected chi connectivity index (χ3v) is 4.25. The highest BCUT2D eigenvalue weighted by molar-refractivity contribution is 6.31. The van der Waals surface area contributed by atoms with Gasteiger partial charge in [0.15, 0.2) is 0 Å². The Morgan fingerprint density at radius 2 is 2.00 bits per heavy atom. The Morgan fingerprint density at radius 1 is 1.25 bits per heavy atom. The van der Waals surface area contributed by atoms with E-state index in [0.29, 0.717) is 23.6 Å². The highest BCUT2D eigenvalue weighted by Crippen LogP contribution is 2.27. The third-order valence-electron chi connectivity index (χ3n) is 3.88. The maximum atomic E-state index is 9.50. The molecule has 0 aliphatic heterocycles. The van der Waals surface area contributed by atoms with Crippen LogP contribution in [-0.4, -0.2) is 24.8 Å². The number of aliphatic imine (C=N–C) groups is 1. The molecule has 0 saturated heterocycles. The number of nitriles is 1. The Kier molecular flexibility index (Phi) is 6.36. The second kappa shape index (κ2) is 8.49. The van der Waals surface area contributed by atoms with Crippen LogP contribution < -0.4 is 5.73 Å². The van der Waals surface area contributed by atoms with E-state index in [1.54, 1.807) is 12.4 Å². The van der Waals surface area contributed by atoms with Crippen molar-refractivity contribution in [3.8, 4) is 6.07 Å². The first-order valence-corrected chi connectivity index (χ1v) is 8.20. The topological polar surface area (TPSA) is 65.4 Å². The summed E-state index contributed by atoms with van der Waals surface area (Å²) < 4.78 is 0. The molecule has 0 aliphatic carbocycles. The number of hydrogen-bond acceptors (Lipinski definition) is 3. The minimum atomic E-state index is 0.365. The van der Waals surface area contributed by atoms with E-state index in [0.717, 1.165) is 28.9 Å². The van der Waals surface area contributed by atoms with Gasteiger partial charge >= 0.3 is 0 Å². The van der Waals surface area contributed by atoms with Gasteiger partial charge in [-0.1, -0.05) is 35.9 Å². The van der Waals surface area contributed by atoms with Gasteiger partial charge in [0.1, 0.15) is 0 Å². The van der Waals surface area contributed by atoms with E-state index in [1.807, 2.05) is 49.2 Å². The Morgan fingerprint density at radius 3 is 2.62 bits per heavy atom. The van der Waals surface area contributed by atoms with Crippen LogP contribution in [-0.2, 0) is 13.0 Å². The normalized spacial score (nSPS) is 10.8. The number of nitrogens with zero attached hydrogens (tertiary/aromatic N) is 3. The van der Waals surface area contributed by atoms with Crippen LogP contribution in [0.25, 0.3) is 0 Å². The van der Waals surface area contributed by atoms with Crippen molar-refractivity contribution in [1.29, 1.82) is 5.26 Å². The molecule has 2 aromatic rings. The highest BCUT2D eigenvalue weighted by atomic mass is 35.5. The van der Waals surface area contributed by atoms with E-state index >= 15 is 0 Å². The average molecular weight is 341 g/mol. The predicted molar refractivity (Wildman–Crippen MR) is 99.8 cm³/mol.